The van der Waals surface area contributed by atoms with Crippen molar-refractivity contribution in [3.05, 3.63) is 35.4 Å². The van der Waals surface area contributed by atoms with Gasteiger partial charge in [-0.2, -0.15) is 23.5 Å². The molecular formula is C15H21F2NS2. The van der Waals surface area contributed by atoms with Gasteiger partial charge in [0.15, 0.2) is 11.6 Å². The number of halogens is 2. The molecule has 4 unspecified atom stereocenters. The number of rotatable bonds is 4. The summed E-state index contributed by atoms with van der Waals surface area (Å²) in [6, 6.07) is 4.59. The Labute approximate surface area is 128 Å². The lowest BCUT2D eigenvalue weighted by atomic mass is 10.0. The van der Waals surface area contributed by atoms with Crippen LogP contribution in [0.3, 0.4) is 0 Å². The SMILES string of the molecule is CNC(Cc1cccc(F)c1F)C1CSC(C)C(C)S1. The molecule has 0 aromatic heterocycles. The number of nitrogens with one attached hydrogen (secondary N) is 1. The topological polar surface area (TPSA) is 12.0 Å². The molecule has 0 aliphatic carbocycles. The highest BCUT2D eigenvalue weighted by molar-refractivity contribution is 8.07. The number of likely N-dealkylation sites (N-methyl/N-ethyl adjacent to an activating group) is 1. The van der Waals surface area contributed by atoms with Crippen LogP contribution < -0.4 is 5.32 Å². The third-order valence-electron chi connectivity index (χ3n) is 3.86. The Morgan fingerprint density at radius 3 is 2.70 bits per heavy atom. The lowest BCUT2D eigenvalue weighted by Gasteiger charge is -2.36. The Balaban J connectivity index is 2.07. The maximum absolute atomic E-state index is 13.8. The first-order valence-electron chi connectivity index (χ1n) is 6.90. The molecule has 1 heterocycles. The first-order valence-corrected chi connectivity index (χ1v) is 8.89. The van der Waals surface area contributed by atoms with Gasteiger partial charge < -0.3 is 5.32 Å². The van der Waals surface area contributed by atoms with E-state index in [4.69, 9.17) is 0 Å². The van der Waals surface area contributed by atoms with Crippen molar-refractivity contribution in [2.75, 3.05) is 12.8 Å². The van der Waals surface area contributed by atoms with Gasteiger partial charge in [-0.05, 0) is 25.1 Å². The minimum atomic E-state index is -0.759. The van der Waals surface area contributed by atoms with Crippen LogP contribution in [-0.4, -0.2) is 34.6 Å². The fourth-order valence-corrected chi connectivity index (χ4v) is 5.55. The van der Waals surface area contributed by atoms with E-state index in [2.05, 4.69) is 19.2 Å². The first kappa shape index (κ1) is 16.1. The van der Waals surface area contributed by atoms with Gasteiger partial charge in [-0.15, -0.1) is 0 Å². The minimum Gasteiger partial charge on any atom is -0.316 e. The summed E-state index contributed by atoms with van der Waals surface area (Å²) in [5.41, 5.74) is 0.459. The molecule has 1 aromatic rings. The molecule has 0 bridgehead atoms. The Morgan fingerprint density at radius 2 is 2.05 bits per heavy atom. The van der Waals surface area contributed by atoms with Crippen LogP contribution in [0, 0.1) is 11.6 Å². The van der Waals surface area contributed by atoms with E-state index < -0.39 is 11.6 Å². The molecule has 2 rings (SSSR count). The van der Waals surface area contributed by atoms with E-state index in [1.807, 2.05) is 30.6 Å². The Kier molecular flexibility index (Phi) is 5.75. The van der Waals surface area contributed by atoms with Crippen LogP contribution in [0.15, 0.2) is 18.2 Å². The molecule has 1 aliphatic rings. The lowest BCUT2D eigenvalue weighted by molar-refractivity contribution is 0.482. The summed E-state index contributed by atoms with van der Waals surface area (Å²) >= 11 is 3.92. The Hall–Kier alpha value is -0.260. The fourth-order valence-electron chi connectivity index (χ4n) is 2.38. The zero-order valence-electron chi connectivity index (χ0n) is 12.0. The quantitative estimate of drug-likeness (QED) is 0.909. The monoisotopic (exact) mass is 317 g/mol. The molecular weight excluding hydrogens is 296 g/mol. The van der Waals surface area contributed by atoms with E-state index in [-0.39, 0.29) is 6.04 Å². The number of hydrogen-bond acceptors (Lipinski definition) is 3. The minimum absolute atomic E-state index is 0.166. The van der Waals surface area contributed by atoms with Crippen LogP contribution in [0.2, 0.25) is 0 Å². The van der Waals surface area contributed by atoms with Gasteiger partial charge in [0, 0.05) is 27.5 Å². The number of hydrogen-bond donors (Lipinski definition) is 1. The van der Waals surface area contributed by atoms with Gasteiger partial charge in [0.2, 0.25) is 0 Å². The Morgan fingerprint density at radius 1 is 1.30 bits per heavy atom. The van der Waals surface area contributed by atoms with Gasteiger partial charge in [-0.1, -0.05) is 26.0 Å². The summed E-state index contributed by atoms with van der Waals surface area (Å²) in [5.74, 6) is -0.411. The highest BCUT2D eigenvalue weighted by Crippen LogP contribution is 2.37. The standard InChI is InChI=1S/C15H21F2NS2/c1-9-10(2)20-14(8-19-9)13(18-3)7-11-5-4-6-12(16)15(11)17/h4-6,9-10,13-14,18H,7-8H2,1-3H3. The van der Waals surface area contributed by atoms with Gasteiger partial charge >= 0.3 is 0 Å². The zero-order valence-corrected chi connectivity index (χ0v) is 13.7. The van der Waals surface area contributed by atoms with Crippen molar-refractivity contribution in [1.82, 2.24) is 5.32 Å². The van der Waals surface area contributed by atoms with E-state index >= 15 is 0 Å². The van der Waals surface area contributed by atoms with Crippen LogP contribution in [0.1, 0.15) is 19.4 Å². The molecule has 0 spiro atoms. The molecule has 1 nitrogen and oxygen atoms in total. The average Bonchev–Trinajstić information content (AvgIpc) is 2.44. The Bertz CT molecular complexity index is 455. The molecule has 5 heteroatoms. The number of thioether (sulfide) groups is 2. The molecule has 1 fully saturated rings. The smallest absolute Gasteiger partial charge is 0.162 e. The van der Waals surface area contributed by atoms with Crippen LogP contribution >= 0.6 is 23.5 Å². The van der Waals surface area contributed by atoms with Crippen molar-refractivity contribution >= 4 is 23.5 Å². The van der Waals surface area contributed by atoms with Crippen molar-refractivity contribution in [3.63, 3.8) is 0 Å². The highest BCUT2D eigenvalue weighted by atomic mass is 32.2. The second kappa shape index (κ2) is 7.14. The summed E-state index contributed by atoms with van der Waals surface area (Å²) in [6.45, 7) is 4.49. The molecule has 112 valence electrons. The van der Waals surface area contributed by atoms with E-state index in [0.29, 0.717) is 27.7 Å². The second-order valence-corrected chi connectivity index (χ2v) is 8.26. The summed E-state index contributed by atoms with van der Waals surface area (Å²) in [5, 5.41) is 4.95. The first-order chi connectivity index (χ1) is 9.52. The summed E-state index contributed by atoms with van der Waals surface area (Å²) in [7, 11) is 1.90. The van der Waals surface area contributed by atoms with Crippen molar-refractivity contribution in [2.45, 2.75) is 42.1 Å². The predicted molar refractivity (Wildman–Crippen MR) is 85.7 cm³/mol. The summed E-state index contributed by atoms with van der Waals surface area (Å²) < 4.78 is 27.1. The van der Waals surface area contributed by atoms with Crippen LogP contribution in [-0.2, 0) is 6.42 Å². The van der Waals surface area contributed by atoms with E-state index in [9.17, 15) is 8.78 Å². The van der Waals surface area contributed by atoms with E-state index in [1.54, 1.807) is 12.1 Å². The average molecular weight is 317 g/mol. The normalized spacial score (nSPS) is 28.4. The van der Waals surface area contributed by atoms with Gasteiger partial charge in [0.1, 0.15) is 0 Å². The zero-order chi connectivity index (χ0) is 14.7. The lowest BCUT2D eigenvalue weighted by Crippen LogP contribution is -2.43. The molecule has 0 saturated carbocycles. The fraction of sp³-hybridized carbons (Fsp3) is 0.600. The maximum Gasteiger partial charge on any atom is 0.162 e. The molecule has 1 aliphatic heterocycles. The highest BCUT2D eigenvalue weighted by Gasteiger charge is 2.31. The maximum atomic E-state index is 13.8. The molecule has 1 saturated heterocycles. The summed E-state index contributed by atoms with van der Waals surface area (Å²) in [6.07, 6.45) is 0.527. The van der Waals surface area contributed by atoms with Gasteiger partial charge in [0.25, 0.3) is 0 Å². The second-order valence-electron chi connectivity index (χ2n) is 5.23. The molecule has 1 aromatic carbocycles. The number of benzene rings is 1. The molecule has 1 N–H and O–H groups in total. The van der Waals surface area contributed by atoms with Gasteiger partial charge in [-0.3, -0.25) is 0 Å². The van der Waals surface area contributed by atoms with Crippen molar-refractivity contribution in [2.24, 2.45) is 0 Å². The van der Waals surface area contributed by atoms with Crippen molar-refractivity contribution in [1.29, 1.82) is 0 Å². The van der Waals surface area contributed by atoms with Crippen molar-refractivity contribution in [3.8, 4) is 0 Å². The summed E-state index contributed by atoms with van der Waals surface area (Å²) in [4.78, 5) is 0. The predicted octanol–water partition coefficient (Wildman–Crippen LogP) is 3.72. The molecule has 20 heavy (non-hydrogen) atoms. The van der Waals surface area contributed by atoms with Gasteiger partial charge in [0.05, 0.1) is 0 Å². The largest absolute Gasteiger partial charge is 0.316 e. The van der Waals surface area contributed by atoms with Crippen molar-refractivity contribution < 1.29 is 8.78 Å². The van der Waals surface area contributed by atoms with E-state index in [1.165, 1.54) is 6.07 Å². The third-order valence-corrected chi connectivity index (χ3v) is 7.42. The van der Waals surface area contributed by atoms with Crippen LogP contribution in [0.25, 0.3) is 0 Å². The molecule has 0 amide bonds. The van der Waals surface area contributed by atoms with Crippen LogP contribution in [0.5, 0.6) is 0 Å². The third kappa shape index (κ3) is 3.68. The molecule has 0 radical (unpaired) electrons. The van der Waals surface area contributed by atoms with Gasteiger partial charge in [-0.25, -0.2) is 8.78 Å². The van der Waals surface area contributed by atoms with Crippen LogP contribution in [0.4, 0.5) is 8.78 Å². The molecule has 4 atom stereocenters. The van der Waals surface area contributed by atoms with E-state index in [0.717, 1.165) is 5.75 Å².